The predicted molar refractivity (Wildman–Crippen MR) is 87.8 cm³/mol. The van der Waals surface area contributed by atoms with Gasteiger partial charge in [0, 0.05) is 26.8 Å². The Bertz CT molecular complexity index is 578. The molecule has 0 radical (unpaired) electrons. The van der Waals surface area contributed by atoms with Gasteiger partial charge in [-0.1, -0.05) is 12.1 Å². The van der Waals surface area contributed by atoms with Gasteiger partial charge in [0.25, 0.3) is 5.91 Å². The van der Waals surface area contributed by atoms with E-state index in [1.54, 1.807) is 26.4 Å². The Morgan fingerprint density at radius 3 is 2.52 bits per heavy atom. The fourth-order valence-corrected chi connectivity index (χ4v) is 2.33. The lowest BCUT2D eigenvalue weighted by Crippen LogP contribution is -2.34. The molecule has 0 spiro atoms. The third-order valence-corrected chi connectivity index (χ3v) is 3.63. The van der Waals surface area contributed by atoms with E-state index in [1.165, 1.54) is 6.26 Å². The number of nitrogens with zero attached hydrogens (tertiary/aromatic N) is 1. The summed E-state index contributed by atoms with van der Waals surface area (Å²) in [6.45, 7) is 1.91. The third kappa shape index (κ3) is 5.14. The van der Waals surface area contributed by atoms with Crippen LogP contribution < -0.4 is 4.74 Å². The van der Waals surface area contributed by atoms with Crippen LogP contribution in [0.2, 0.25) is 0 Å². The van der Waals surface area contributed by atoms with E-state index in [0.29, 0.717) is 25.5 Å². The smallest absolute Gasteiger partial charge is 0.289 e. The zero-order chi connectivity index (χ0) is 16.5. The molecule has 0 N–H and O–H groups in total. The molecule has 124 valence electrons. The second-order valence-corrected chi connectivity index (χ2v) is 5.21. The van der Waals surface area contributed by atoms with E-state index in [1.807, 2.05) is 29.2 Å². The Labute approximate surface area is 136 Å². The summed E-state index contributed by atoms with van der Waals surface area (Å²) in [7, 11) is 3.31. The van der Waals surface area contributed by atoms with E-state index in [4.69, 9.17) is 13.9 Å². The summed E-state index contributed by atoms with van der Waals surface area (Å²) < 4.78 is 15.5. The first-order valence-electron chi connectivity index (χ1n) is 7.69. The first-order valence-corrected chi connectivity index (χ1v) is 7.69. The van der Waals surface area contributed by atoms with Crippen LogP contribution in [0.3, 0.4) is 0 Å². The third-order valence-electron chi connectivity index (χ3n) is 3.63. The van der Waals surface area contributed by atoms with E-state index in [-0.39, 0.29) is 5.91 Å². The van der Waals surface area contributed by atoms with Crippen LogP contribution in [-0.4, -0.2) is 44.7 Å². The van der Waals surface area contributed by atoms with Crippen LogP contribution in [0, 0.1) is 0 Å². The molecule has 1 heterocycles. The minimum atomic E-state index is -0.0837. The van der Waals surface area contributed by atoms with Crippen molar-refractivity contribution in [2.45, 2.75) is 12.8 Å². The number of benzene rings is 1. The quantitative estimate of drug-likeness (QED) is 0.667. The molecule has 0 aliphatic heterocycles. The van der Waals surface area contributed by atoms with Crippen LogP contribution in [-0.2, 0) is 11.2 Å². The molecule has 0 saturated carbocycles. The summed E-state index contributed by atoms with van der Waals surface area (Å²) in [5, 5.41) is 0. The molecule has 0 aliphatic carbocycles. The molecule has 0 unspecified atom stereocenters. The molecule has 0 fully saturated rings. The van der Waals surface area contributed by atoms with Crippen molar-refractivity contribution in [2.24, 2.45) is 0 Å². The van der Waals surface area contributed by atoms with Gasteiger partial charge in [0.2, 0.25) is 0 Å². The molecule has 5 heteroatoms. The first kappa shape index (κ1) is 17.1. The van der Waals surface area contributed by atoms with Crippen molar-refractivity contribution in [3.05, 3.63) is 54.0 Å². The van der Waals surface area contributed by atoms with Gasteiger partial charge >= 0.3 is 0 Å². The zero-order valence-electron chi connectivity index (χ0n) is 13.7. The summed E-state index contributed by atoms with van der Waals surface area (Å²) in [5.74, 6) is 1.12. The number of methoxy groups -OCH3 is 2. The van der Waals surface area contributed by atoms with Crippen molar-refractivity contribution in [1.82, 2.24) is 4.90 Å². The average molecular weight is 317 g/mol. The van der Waals surface area contributed by atoms with Crippen molar-refractivity contribution >= 4 is 5.91 Å². The van der Waals surface area contributed by atoms with Crippen molar-refractivity contribution in [1.29, 1.82) is 0 Å². The number of hydrogen-bond acceptors (Lipinski definition) is 4. The van der Waals surface area contributed by atoms with E-state index >= 15 is 0 Å². The maximum atomic E-state index is 12.5. The maximum absolute atomic E-state index is 12.5. The van der Waals surface area contributed by atoms with Gasteiger partial charge in [-0.3, -0.25) is 4.79 Å². The molecule has 1 aromatic heterocycles. The van der Waals surface area contributed by atoms with Crippen LogP contribution in [0.1, 0.15) is 22.5 Å². The molecule has 1 aromatic carbocycles. The molecular weight excluding hydrogens is 294 g/mol. The summed E-state index contributed by atoms with van der Waals surface area (Å²) >= 11 is 0. The molecule has 0 bridgehead atoms. The molecule has 0 saturated heterocycles. The molecule has 1 amide bonds. The number of furan rings is 1. The Hall–Kier alpha value is -2.27. The number of hydrogen-bond donors (Lipinski definition) is 0. The van der Waals surface area contributed by atoms with Gasteiger partial charge in [-0.15, -0.1) is 0 Å². The minimum absolute atomic E-state index is 0.0837. The fourth-order valence-electron chi connectivity index (χ4n) is 2.33. The van der Waals surface area contributed by atoms with E-state index in [9.17, 15) is 4.79 Å². The molecular formula is C18H23NO4. The number of amides is 1. The highest BCUT2D eigenvalue weighted by atomic mass is 16.5. The molecule has 5 nitrogen and oxygen atoms in total. The number of carbonyl (C=O) groups excluding carboxylic acids is 1. The standard InChI is InChI=1S/C18H23NO4/c1-21-13-4-11-19(18(20)17-5-3-14-23-17)12-10-15-6-8-16(22-2)9-7-15/h3,5-9,14H,4,10-13H2,1-2H3. The molecule has 2 rings (SSSR count). The van der Waals surface area contributed by atoms with Gasteiger partial charge in [0.05, 0.1) is 13.4 Å². The highest BCUT2D eigenvalue weighted by Crippen LogP contribution is 2.13. The van der Waals surface area contributed by atoms with E-state index in [0.717, 1.165) is 24.2 Å². The molecule has 0 atom stereocenters. The lowest BCUT2D eigenvalue weighted by atomic mass is 10.1. The van der Waals surface area contributed by atoms with Crippen LogP contribution in [0.15, 0.2) is 47.1 Å². The van der Waals surface area contributed by atoms with E-state index < -0.39 is 0 Å². The topological polar surface area (TPSA) is 51.9 Å². The minimum Gasteiger partial charge on any atom is -0.497 e. The first-order chi connectivity index (χ1) is 11.2. The Morgan fingerprint density at radius 2 is 1.91 bits per heavy atom. The van der Waals surface area contributed by atoms with Crippen LogP contribution in [0.25, 0.3) is 0 Å². The summed E-state index contributed by atoms with van der Waals surface area (Å²) in [6.07, 6.45) is 3.10. The Kier molecular flexibility index (Phi) is 6.69. The molecule has 23 heavy (non-hydrogen) atoms. The second-order valence-electron chi connectivity index (χ2n) is 5.21. The maximum Gasteiger partial charge on any atom is 0.289 e. The highest BCUT2D eigenvalue weighted by molar-refractivity contribution is 5.91. The SMILES string of the molecule is COCCCN(CCc1ccc(OC)cc1)C(=O)c1ccco1. The van der Waals surface area contributed by atoms with Crippen LogP contribution in [0.4, 0.5) is 0 Å². The van der Waals surface area contributed by atoms with Crippen molar-refractivity contribution in [3.63, 3.8) is 0 Å². The summed E-state index contributed by atoms with van der Waals surface area (Å²) in [6, 6.07) is 11.3. The summed E-state index contributed by atoms with van der Waals surface area (Å²) in [4.78, 5) is 14.3. The van der Waals surface area contributed by atoms with Crippen LogP contribution >= 0.6 is 0 Å². The zero-order valence-corrected chi connectivity index (χ0v) is 13.7. The van der Waals surface area contributed by atoms with Gasteiger partial charge in [-0.05, 0) is 42.7 Å². The molecule has 2 aromatic rings. The van der Waals surface area contributed by atoms with E-state index in [2.05, 4.69) is 0 Å². The van der Waals surface area contributed by atoms with Crippen molar-refractivity contribution < 1.29 is 18.7 Å². The van der Waals surface area contributed by atoms with Crippen molar-refractivity contribution in [2.75, 3.05) is 33.9 Å². The number of rotatable bonds is 9. The van der Waals surface area contributed by atoms with Gasteiger partial charge in [0.1, 0.15) is 5.75 Å². The van der Waals surface area contributed by atoms with Crippen molar-refractivity contribution in [3.8, 4) is 5.75 Å². The number of ether oxygens (including phenoxy) is 2. The van der Waals surface area contributed by atoms with Gasteiger partial charge in [-0.2, -0.15) is 0 Å². The second kappa shape index (κ2) is 9.00. The highest BCUT2D eigenvalue weighted by Gasteiger charge is 2.17. The monoisotopic (exact) mass is 317 g/mol. The molecule has 0 aliphatic rings. The summed E-state index contributed by atoms with van der Waals surface area (Å²) in [5.41, 5.74) is 1.16. The fraction of sp³-hybridized carbons (Fsp3) is 0.389. The van der Waals surface area contributed by atoms with Crippen LogP contribution in [0.5, 0.6) is 5.75 Å². The Morgan fingerprint density at radius 1 is 1.13 bits per heavy atom. The van der Waals surface area contributed by atoms with Gasteiger partial charge < -0.3 is 18.8 Å². The lowest BCUT2D eigenvalue weighted by Gasteiger charge is -2.21. The largest absolute Gasteiger partial charge is 0.497 e. The Balaban J connectivity index is 1.96. The van der Waals surface area contributed by atoms with Gasteiger partial charge in [-0.25, -0.2) is 0 Å². The normalized spacial score (nSPS) is 10.5. The lowest BCUT2D eigenvalue weighted by molar-refractivity contribution is 0.0707. The predicted octanol–water partition coefficient (Wildman–Crippen LogP) is 3.01. The number of carbonyl (C=O) groups is 1. The average Bonchev–Trinajstić information content (AvgIpc) is 3.12. The van der Waals surface area contributed by atoms with Gasteiger partial charge in [0.15, 0.2) is 5.76 Å².